The Morgan fingerprint density at radius 3 is 2.65 bits per heavy atom. The van der Waals surface area contributed by atoms with Crippen LogP contribution in [-0.4, -0.2) is 45.5 Å². The fourth-order valence-corrected chi connectivity index (χ4v) is 2.65. The summed E-state index contributed by atoms with van der Waals surface area (Å²) in [7, 11) is 1.59. The zero-order valence-electron chi connectivity index (χ0n) is 14.4. The van der Waals surface area contributed by atoms with E-state index < -0.39 is 11.7 Å². The van der Waals surface area contributed by atoms with E-state index in [9.17, 15) is 9.18 Å². The molecule has 3 rings (SSSR count). The second-order valence-corrected chi connectivity index (χ2v) is 5.73. The molecule has 26 heavy (non-hydrogen) atoms. The van der Waals surface area contributed by atoms with Crippen molar-refractivity contribution >= 4 is 17.8 Å². The summed E-state index contributed by atoms with van der Waals surface area (Å²) in [6.45, 7) is 3.09. The van der Waals surface area contributed by atoms with Crippen LogP contribution >= 0.6 is 0 Å². The molecule has 0 radical (unpaired) electrons. The molecule has 0 atom stereocenters. The van der Waals surface area contributed by atoms with Crippen LogP contribution in [0.15, 0.2) is 47.6 Å². The summed E-state index contributed by atoms with van der Waals surface area (Å²) in [6.07, 6.45) is 1.52. The maximum atomic E-state index is 12.9. The van der Waals surface area contributed by atoms with Crippen molar-refractivity contribution in [3.63, 3.8) is 0 Å². The van der Waals surface area contributed by atoms with Gasteiger partial charge >= 0.3 is 0 Å². The molecule has 1 aliphatic heterocycles. The van der Waals surface area contributed by atoms with Gasteiger partial charge in [0.05, 0.1) is 26.5 Å². The van der Waals surface area contributed by atoms with Crippen LogP contribution in [0.4, 0.5) is 10.1 Å². The van der Waals surface area contributed by atoms with E-state index in [1.54, 1.807) is 7.11 Å². The van der Waals surface area contributed by atoms with E-state index in [0.29, 0.717) is 24.5 Å². The summed E-state index contributed by atoms with van der Waals surface area (Å²) in [5, 5.41) is 3.96. The lowest BCUT2D eigenvalue weighted by Gasteiger charge is -2.29. The normalized spacial score (nSPS) is 14.5. The van der Waals surface area contributed by atoms with Gasteiger partial charge in [-0.15, -0.1) is 0 Å². The first-order chi connectivity index (χ1) is 12.7. The molecule has 1 aliphatic rings. The molecule has 1 amide bonds. The van der Waals surface area contributed by atoms with Crippen LogP contribution < -0.4 is 15.1 Å². The van der Waals surface area contributed by atoms with E-state index in [0.717, 1.165) is 24.3 Å². The number of carbonyl (C=O) groups is 1. The second-order valence-electron chi connectivity index (χ2n) is 5.73. The second kappa shape index (κ2) is 8.44. The lowest BCUT2D eigenvalue weighted by atomic mass is 10.1. The molecule has 136 valence electrons. The van der Waals surface area contributed by atoms with Crippen molar-refractivity contribution in [2.75, 3.05) is 38.3 Å². The maximum Gasteiger partial charge on any atom is 0.271 e. The minimum atomic E-state index is -0.412. The van der Waals surface area contributed by atoms with Crippen molar-refractivity contribution in [1.29, 1.82) is 0 Å². The number of hydrazone groups is 1. The SMILES string of the molecule is COc1cc(N2CCOCC2)ccc1/C=N\NC(=O)c1ccc(F)cc1. The van der Waals surface area contributed by atoms with Gasteiger partial charge in [-0.2, -0.15) is 5.10 Å². The maximum absolute atomic E-state index is 12.9. The summed E-state index contributed by atoms with van der Waals surface area (Å²) in [5.41, 5.74) is 4.55. The predicted molar refractivity (Wildman–Crippen MR) is 97.5 cm³/mol. The first-order valence-corrected chi connectivity index (χ1v) is 8.27. The number of anilines is 1. The fraction of sp³-hybridized carbons (Fsp3) is 0.263. The van der Waals surface area contributed by atoms with Crippen molar-refractivity contribution in [3.05, 3.63) is 59.4 Å². The summed E-state index contributed by atoms with van der Waals surface area (Å²) in [4.78, 5) is 14.2. The first-order valence-electron chi connectivity index (χ1n) is 8.27. The van der Waals surface area contributed by atoms with Crippen molar-refractivity contribution in [2.24, 2.45) is 5.10 Å². The molecule has 1 fully saturated rings. The average Bonchev–Trinajstić information content (AvgIpc) is 2.69. The van der Waals surface area contributed by atoms with Crippen molar-refractivity contribution in [3.8, 4) is 5.75 Å². The first kappa shape index (κ1) is 17.9. The van der Waals surface area contributed by atoms with Crippen LogP contribution in [0.3, 0.4) is 0 Å². The third kappa shape index (κ3) is 4.37. The average molecular weight is 357 g/mol. The van der Waals surface area contributed by atoms with Crippen molar-refractivity contribution in [1.82, 2.24) is 5.43 Å². The molecule has 2 aromatic rings. The molecule has 1 heterocycles. The van der Waals surface area contributed by atoms with Crippen molar-refractivity contribution < 1.29 is 18.7 Å². The lowest BCUT2D eigenvalue weighted by molar-refractivity contribution is 0.0955. The van der Waals surface area contributed by atoms with Gasteiger partial charge < -0.3 is 14.4 Å². The predicted octanol–water partition coefficient (Wildman–Crippen LogP) is 2.43. The minimum absolute atomic E-state index is 0.332. The van der Waals surface area contributed by atoms with Gasteiger partial charge in [0.15, 0.2) is 0 Å². The number of halogens is 1. The van der Waals surface area contributed by atoms with Crippen LogP contribution in [0.2, 0.25) is 0 Å². The number of benzene rings is 2. The van der Waals surface area contributed by atoms with Gasteiger partial charge in [0.1, 0.15) is 11.6 Å². The number of nitrogens with one attached hydrogen (secondary N) is 1. The molecular formula is C19H20FN3O3. The van der Waals surface area contributed by atoms with E-state index in [1.165, 1.54) is 30.5 Å². The minimum Gasteiger partial charge on any atom is -0.496 e. The van der Waals surface area contributed by atoms with Gasteiger partial charge in [-0.05, 0) is 36.4 Å². The largest absolute Gasteiger partial charge is 0.496 e. The fourth-order valence-electron chi connectivity index (χ4n) is 2.65. The van der Waals surface area contributed by atoms with Crippen LogP contribution in [0.25, 0.3) is 0 Å². The van der Waals surface area contributed by atoms with Crippen LogP contribution in [0, 0.1) is 5.82 Å². The van der Waals surface area contributed by atoms with Crippen LogP contribution in [0.5, 0.6) is 5.75 Å². The number of hydrogen-bond acceptors (Lipinski definition) is 5. The highest BCUT2D eigenvalue weighted by atomic mass is 19.1. The number of amides is 1. The zero-order chi connectivity index (χ0) is 18.4. The molecule has 0 bridgehead atoms. The number of rotatable bonds is 5. The summed E-state index contributed by atoms with van der Waals surface area (Å²) >= 11 is 0. The molecule has 6 nitrogen and oxygen atoms in total. The Balaban J connectivity index is 1.67. The number of morpholine rings is 1. The number of hydrogen-bond donors (Lipinski definition) is 1. The van der Waals surface area contributed by atoms with Gasteiger partial charge in [-0.3, -0.25) is 4.79 Å². The molecule has 0 spiro atoms. The molecule has 1 saturated heterocycles. The topological polar surface area (TPSA) is 63.2 Å². The third-order valence-electron chi connectivity index (χ3n) is 4.07. The molecule has 1 N–H and O–H groups in total. The number of methoxy groups -OCH3 is 1. The highest BCUT2D eigenvalue weighted by Crippen LogP contribution is 2.25. The van der Waals surface area contributed by atoms with E-state index in [2.05, 4.69) is 15.4 Å². The Bertz CT molecular complexity index is 787. The Hall–Kier alpha value is -2.93. The van der Waals surface area contributed by atoms with E-state index in [1.807, 2.05) is 18.2 Å². The smallest absolute Gasteiger partial charge is 0.271 e. The van der Waals surface area contributed by atoms with Gasteiger partial charge in [-0.1, -0.05) is 0 Å². The van der Waals surface area contributed by atoms with Crippen LogP contribution in [0.1, 0.15) is 15.9 Å². The van der Waals surface area contributed by atoms with E-state index >= 15 is 0 Å². The van der Waals surface area contributed by atoms with Gasteiger partial charge in [0.2, 0.25) is 0 Å². The number of carbonyl (C=O) groups excluding carboxylic acids is 1. The highest BCUT2D eigenvalue weighted by molar-refractivity contribution is 5.95. The summed E-state index contributed by atoms with van der Waals surface area (Å²) in [5.74, 6) is -0.144. The molecule has 0 saturated carbocycles. The molecule has 7 heteroatoms. The Morgan fingerprint density at radius 2 is 1.96 bits per heavy atom. The third-order valence-corrected chi connectivity index (χ3v) is 4.07. The molecule has 2 aromatic carbocycles. The molecule has 0 unspecified atom stereocenters. The molecule has 0 aromatic heterocycles. The standard InChI is InChI=1S/C19H20FN3O3/c1-25-18-12-17(23-8-10-26-11-9-23)7-4-15(18)13-21-22-19(24)14-2-5-16(20)6-3-14/h2-7,12-13H,8-11H2,1H3,(H,22,24)/b21-13-. The van der Waals surface area contributed by atoms with Gasteiger partial charge in [0, 0.05) is 36.0 Å². The Morgan fingerprint density at radius 1 is 1.23 bits per heavy atom. The summed E-state index contributed by atoms with van der Waals surface area (Å²) in [6, 6.07) is 11.1. The monoisotopic (exact) mass is 357 g/mol. The van der Waals surface area contributed by atoms with E-state index in [-0.39, 0.29) is 0 Å². The Labute approximate surface area is 151 Å². The lowest BCUT2D eigenvalue weighted by Crippen LogP contribution is -2.36. The zero-order valence-corrected chi connectivity index (χ0v) is 14.4. The van der Waals surface area contributed by atoms with Gasteiger partial charge in [-0.25, -0.2) is 9.82 Å². The van der Waals surface area contributed by atoms with E-state index in [4.69, 9.17) is 9.47 Å². The van der Waals surface area contributed by atoms with Crippen molar-refractivity contribution in [2.45, 2.75) is 0 Å². The highest BCUT2D eigenvalue weighted by Gasteiger charge is 2.13. The molecule has 0 aliphatic carbocycles. The Kier molecular flexibility index (Phi) is 5.80. The summed E-state index contributed by atoms with van der Waals surface area (Å²) < 4.78 is 23.7. The van der Waals surface area contributed by atoms with Gasteiger partial charge in [0.25, 0.3) is 5.91 Å². The molecular weight excluding hydrogens is 337 g/mol. The quantitative estimate of drug-likeness (QED) is 0.659. The number of nitrogens with zero attached hydrogens (tertiary/aromatic N) is 2. The number of ether oxygens (including phenoxy) is 2. The van der Waals surface area contributed by atoms with Crippen LogP contribution in [-0.2, 0) is 4.74 Å².